The molecule has 0 fully saturated rings. The number of hydrogen-bond acceptors (Lipinski definition) is 15. The van der Waals surface area contributed by atoms with Gasteiger partial charge in [-0.05, 0) is 148 Å². The lowest BCUT2D eigenvalue weighted by atomic mass is 10.1. The van der Waals surface area contributed by atoms with Crippen LogP contribution in [0.2, 0.25) is 0 Å². The summed E-state index contributed by atoms with van der Waals surface area (Å²) in [5.41, 5.74) is 0. The molecule has 0 radical (unpaired) electrons. The number of carbonyl (C=O) groups is 4. The number of phosphoric acid groups is 2. The molecule has 594 valence electrons. The van der Waals surface area contributed by atoms with Crippen molar-refractivity contribution in [1.82, 2.24) is 0 Å². The standard InChI is InChI=1S/C85H142O17P2/c1-5-9-13-17-21-25-29-33-36-38-39-41-44-47-50-54-58-62-66-70-83(88)95-75-80(101-84(89)71-67-63-59-55-51-45-32-28-24-20-16-12-8-4)77-99-103(91,92)97-73-79(86)74-98-104(93,94)100-78-81(102-85(90)72-68-64-60-56-52-48-42-35-31-27-23-19-15-11-7-3)76-96-82(87)69-65-61-57-53-49-46-43-40-37-34-30-26-22-18-14-10-6-2/h10-11,14-15,21-23,25-28,32-37,39,41-42,52,56,64,68,79-81,86H,5-9,12-13,16-20,24,29-31,38,40,43-51,53-55,57-63,65-67,69-78H2,1-4H3,(H,91,92)(H,93,94)/b14-10-,15-11-,25-21-,26-22-,27-23-,32-28-,36-33-,37-34-,41-39-,42-35-,56-52-,68-64-. The molecule has 0 aliphatic carbocycles. The third-order valence-electron chi connectivity index (χ3n) is 16.3. The van der Waals surface area contributed by atoms with Crippen LogP contribution in [0.4, 0.5) is 0 Å². The van der Waals surface area contributed by atoms with E-state index >= 15 is 0 Å². The molecule has 17 nitrogen and oxygen atoms in total. The highest BCUT2D eigenvalue weighted by molar-refractivity contribution is 7.47. The molecule has 0 aromatic heterocycles. The lowest BCUT2D eigenvalue weighted by Gasteiger charge is -2.21. The number of ether oxygens (including phenoxy) is 4. The van der Waals surface area contributed by atoms with Crippen molar-refractivity contribution in [3.05, 3.63) is 146 Å². The first-order chi connectivity index (χ1) is 50.7. The second-order valence-electron chi connectivity index (χ2n) is 26.3. The van der Waals surface area contributed by atoms with Gasteiger partial charge < -0.3 is 33.8 Å². The van der Waals surface area contributed by atoms with Crippen LogP contribution in [0.3, 0.4) is 0 Å². The van der Waals surface area contributed by atoms with E-state index in [0.29, 0.717) is 25.7 Å². The fourth-order valence-corrected chi connectivity index (χ4v) is 11.8. The molecule has 0 rings (SSSR count). The second kappa shape index (κ2) is 76.1. The Hall–Kier alpha value is -5.06. The fraction of sp³-hybridized carbons (Fsp3) is 0.671. The van der Waals surface area contributed by atoms with Crippen LogP contribution in [0.25, 0.3) is 0 Å². The zero-order valence-electron chi connectivity index (χ0n) is 64.9. The normalized spacial score (nSPS) is 14.6. The van der Waals surface area contributed by atoms with Gasteiger partial charge in [-0.3, -0.25) is 37.3 Å². The Labute approximate surface area is 630 Å². The summed E-state index contributed by atoms with van der Waals surface area (Å²) >= 11 is 0. The van der Waals surface area contributed by atoms with E-state index in [1.54, 1.807) is 12.2 Å². The second-order valence-corrected chi connectivity index (χ2v) is 29.2. The van der Waals surface area contributed by atoms with Crippen molar-refractivity contribution in [1.29, 1.82) is 0 Å². The Morgan fingerprint density at radius 3 is 0.885 bits per heavy atom. The summed E-state index contributed by atoms with van der Waals surface area (Å²) in [4.78, 5) is 73.0. The molecule has 5 unspecified atom stereocenters. The fourth-order valence-electron chi connectivity index (χ4n) is 10.3. The molecule has 0 aliphatic heterocycles. The molecule has 0 aromatic rings. The van der Waals surface area contributed by atoms with Crippen LogP contribution in [-0.4, -0.2) is 96.7 Å². The smallest absolute Gasteiger partial charge is 0.462 e. The van der Waals surface area contributed by atoms with Crippen LogP contribution < -0.4 is 0 Å². The van der Waals surface area contributed by atoms with Crippen LogP contribution in [0, 0.1) is 0 Å². The number of carbonyl (C=O) groups excluding carboxylic acids is 4. The van der Waals surface area contributed by atoms with Crippen LogP contribution >= 0.6 is 15.6 Å². The number of aliphatic hydroxyl groups excluding tert-OH is 1. The molecule has 0 aromatic carbocycles. The van der Waals surface area contributed by atoms with Crippen molar-refractivity contribution in [2.24, 2.45) is 0 Å². The highest BCUT2D eigenvalue weighted by Gasteiger charge is 2.30. The van der Waals surface area contributed by atoms with Gasteiger partial charge in [-0.1, -0.05) is 283 Å². The Bertz CT molecular complexity index is 2540. The van der Waals surface area contributed by atoms with Gasteiger partial charge in [0.25, 0.3) is 0 Å². The summed E-state index contributed by atoms with van der Waals surface area (Å²) in [6.45, 7) is 4.46. The molecule has 0 spiro atoms. The molecule has 0 amide bonds. The van der Waals surface area contributed by atoms with E-state index in [4.69, 9.17) is 37.0 Å². The minimum Gasteiger partial charge on any atom is -0.462 e. The number of aliphatic hydroxyl groups is 1. The number of allylic oxidation sites excluding steroid dienone is 23. The molecule has 0 bridgehead atoms. The highest BCUT2D eigenvalue weighted by Crippen LogP contribution is 2.45. The average molecular weight is 1500 g/mol. The van der Waals surface area contributed by atoms with Gasteiger partial charge in [0.2, 0.25) is 0 Å². The van der Waals surface area contributed by atoms with E-state index in [1.165, 1.54) is 44.9 Å². The van der Waals surface area contributed by atoms with Crippen molar-refractivity contribution in [2.45, 2.75) is 329 Å². The SMILES string of the molecule is CC/C=C\C/C=C\C/C=C\C/C=C\C/C=C\CC(=O)OC(COC(=O)CCCCCCCCC/C=C\C/C=C\C/C=C\CC)COP(=O)(O)OCC(O)COP(=O)(O)OCC(COC(=O)CCCCCCCC/C=C\C/C=C\C/C=C\CCCCC)OC(=O)CCCCCCC/C=C\CCCCCC. The summed E-state index contributed by atoms with van der Waals surface area (Å²) in [6.07, 6.45) is 87.1. The van der Waals surface area contributed by atoms with E-state index in [1.807, 2.05) is 12.2 Å². The maximum absolute atomic E-state index is 13.1. The Balaban J connectivity index is 5.43. The molecule has 0 saturated heterocycles. The maximum atomic E-state index is 13.1. The minimum atomic E-state index is -5.01. The summed E-state index contributed by atoms with van der Waals surface area (Å²) in [6, 6.07) is 0. The van der Waals surface area contributed by atoms with E-state index in [9.17, 15) is 43.2 Å². The summed E-state index contributed by atoms with van der Waals surface area (Å²) in [5, 5.41) is 10.6. The zero-order chi connectivity index (χ0) is 76.0. The molecule has 104 heavy (non-hydrogen) atoms. The van der Waals surface area contributed by atoms with Gasteiger partial charge in [0.15, 0.2) is 12.2 Å². The number of rotatable bonds is 74. The number of unbranched alkanes of at least 4 members (excludes halogenated alkanes) is 25. The molecule has 19 heteroatoms. The average Bonchev–Trinajstić information content (AvgIpc) is 0.925. The van der Waals surface area contributed by atoms with Gasteiger partial charge in [0.1, 0.15) is 19.3 Å². The molecule has 5 atom stereocenters. The molecule has 0 heterocycles. The van der Waals surface area contributed by atoms with Gasteiger partial charge in [-0.15, -0.1) is 0 Å². The highest BCUT2D eigenvalue weighted by atomic mass is 31.2. The van der Waals surface area contributed by atoms with Crippen molar-refractivity contribution >= 4 is 39.5 Å². The van der Waals surface area contributed by atoms with Gasteiger partial charge in [0, 0.05) is 19.3 Å². The Morgan fingerprint density at radius 1 is 0.288 bits per heavy atom. The van der Waals surface area contributed by atoms with E-state index in [2.05, 4.69) is 149 Å². The predicted octanol–water partition coefficient (Wildman–Crippen LogP) is 23.4. The topological polar surface area (TPSA) is 237 Å². The Kier molecular flexibility index (Phi) is 72.4. The van der Waals surface area contributed by atoms with E-state index < -0.39 is 97.5 Å². The minimum absolute atomic E-state index is 0.0762. The molecular weight excluding hydrogens is 1350 g/mol. The lowest BCUT2D eigenvalue weighted by Crippen LogP contribution is -2.30. The first-order valence-electron chi connectivity index (χ1n) is 40.1. The van der Waals surface area contributed by atoms with Crippen molar-refractivity contribution in [3.8, 4) is 0 Å². The van der Waals surface area contributed by atoms with Crippen molar-refractivity contribution in [3.63, 3.8) is 0 Å². The van der Waals surface area contributed by atoms with E-state index in [-0.39, 0.29) is 25.7 Å². The van der Waals surface area contributed by atoms with Gasteiger partial charge >= 0.3 is 39.5 Å². The maximum Gasteiger partial charge on any atom is 0.472 e. The van der Waals surface area contributed by atoms with Crippen LogP contribution in [0.15, 0.2) is 146 Å². The summed E-state index contributed by atoms with van der Waals surface area (Å²) in [7, 11) is -10.0. The molecule has 3 N–H and O–H groups in total. The largest absolute Gasteiger partial charge is 0.472 e. The Morgan fingerprint density at radius 2 is 0.538 bits per heavy atom. The van der Waals surface area contributed by atoms with Crippen LogP contribution in [0.5, 0.6) is 0 Å². The van der Waals surface area contributed by atoms with Crippen molar-refractivity contribution < 1.29 is 80.2 Å². The molecular formula is C85H142O17P2. The first kappa shape index (κ1) is 98.9. The quantitative estimate of drug-likeness (QED) is 0.0169. The number of esters is 4. The van der Waals surface area contributed by atoms with Gasteiger partial charge in [0.05, 0.1) is 32.8 Å². The van der Waals surface area contributed by atoms with Crippen LogP contribution in [-0.2, 0) is 65.4 Å². The van der Waals surface area contributed by atoms with Gasteiger partial charge in [-0.2, -0.15) is 0 Å². The third kappa shape index (κ3) is 75.2. The van der Waals surface area contributed by atoms with Gasteiger partial charge in [-0.25, -0.2) is 9.13 Å². The number of phosphoric ester groups is 2. The number of hydrogen-bond donors (Lipinski definition) is 3. The lowest BCUT2D eigenvalue weighted by molar-refractivity contribution is -0.161. The zero-order valence-corrected chi connectivity index (χ0v) is 66.7. The predicted molar refractivity (Wildman–Crippen MR) is 427 cm³/mol. The third-order valence-corrected chi connectivity index (χ3v) is 18.2. The first-order valence-corrected chi connectivity index (χ1v) is 43.1. The van der Waals surface area contributed by atoms with E-state index in [0.717, 1.165) is 186 Å². The molecule has 0 aliphatic rings. The van der Waals surface area contributed by atoms with Crippen molar-refractivity contribution in [2.75, 3.05) is 39.6 Å². The summed E-state index contributed by atoms with van der Waals surface area (Å²) in [5.74, 6) is -2.36. The summed E-state index contributed by atoms with van der Waals surface area (Å²) < 4.78 is 68.5. The monoisotopic (exact) mass is 1500 g/mol. The van der Waals surface area contributed by atoms with Crippen LogP contribution in [0.1, 0.15) is 310 Å². The molecule has 0 saturated carbocycles.